The normalized spacial score (nSPS) is 11.0. The molecule has 2 aromatic carbocycles. The zero-order chi connectivity index (χ0) is 14.9. The van der Waals surface area contributed by atoms with E-state index in [1.807, 2.05) is 36.4 Å². The lowest BCUT2D eigenvalue weighted by atomic mass is 10.2. The van der Waals surface area contributed by atoms with Crippen LogP contribution in [-0.2, 0) is 0 Å². The topological polar surface area (TPSA) is 63.6 Å². The highest BCUT2D eigenvalue weighted by Crippen LogP contribution is 2.26. The van der Waals surface area contributed by atoms with Crippen molar-refractivity contribution in [3.05, 3.63) is 59.6 Å². The lowest BCUT2D eigenvalue weighted by Gasteiger charge is -2.09. The molecule has 0 bridgehead atoms. The number of anilines is 2. The van der Waals surface area contributed by atoms with Crippen LogP contribution in [0.1, 0.15) is 0 Å². The highest BCUT2D eigenvalue weighted by molar-refractivity contribution is 9.10. The molecule has 0 aliphatic rings. The van der Waals surface area contributed by atoms with Crippen molar-refractivity contribution in [3.63, 3.8) is 0 Å². The molecule has 0 atom stereocenters. The van der Waals surface area contributed by atoms with Gasteiger partial charge in [0, 0.05) is 27.9 Å². The maximum atomic E-state index is 4.35. The van der Waals surface area contributed by atoms with Gasteiger partial charge in [-0.15, -0.1) is 0 Å². The van der Waals surface area contributed by atoms with Crippen molar-refractivity contribution < 1.29 is 0 Å². The Hall–Kier alpha value is -2.60. The molecule has 0 aliphatic heterocycles. The molecule has 0 unspecified atom stereocenters. The fraction of sp³-hybridized carbons (Fsp3) is 0. The molecule has 0 aliphatic carbocycles. The largest absolute Gasteiger partial charge is 0.340 e. The van der Waals surface area contributed by atoms with Crippen LogP contribution in [0.15, 0.2) is 59.6 Å². The Labute approximate surface area is 134 Å². The van der Waals surface area contributed by atoms with E-state index in [-0.39, 0.29) is 0 Å². The second-order valence-electron chi connectivity index (χ2n) is 4.77. The molecule has 106 valence electrons. The van der Waals surface area contributed by atoms with Crippen LogP contribution in [-0.4, -0.2) is 19.9 Å². The average Bonchev–Trinajstić information content (AvgIpc) is 2.53. The predicted octanol–water partition coefficient (Wildman–Crippen LogP) is 4.08. The molecule has 6 heteroatoms. The summed E-state index contributed by atoms with van der Waals surface area (Å²) in [6.07, 6.45) is 4.90. The molecular formula is C16H10BrN5. The Morgan fingerprint density at radius 2 is 1.64 bits per heavy atom. The molecule has 0 saturated carbocycles. The Balaban J connectivity index is 1.88. The summed E-state index contributed by atoms with van der Waals surface area (Å²) >= 11 is 3.47. The quantitative estimate of drug-likeness (QED) is 0.551. The summed E-state index contributed by atoms with van der Waals surface area (Å²) in [5.74, 6) is 0.746. The van der Waals surface area contributed by atoms with Gasteiger partial charge in [0.2, 0.25) is 0 Å². The van der Waals surface area contributed by atoms with Crippen LogP contribution in [0.25, 0.3) is 21.9 Å². The van der Waals surface area contributed by atoms with Gasteiger partial charge in [0.25, 0.3) is 0 Å². The standard InChI is InChI=1S/C16H10BrN5/c17-10-2-1-3-11(6-10)22-16-12-7-14-15(19-5-4-18-14)8-13(12)20-9-21-16/h1-9H,(H,20,21,22). The maximum absolute atomic E-state index is 4.35. The molecule has 0 amide bonds. The minimum Gasteiger partial charge on any atom is -0.340 e. The Bertz CT molecular complexity index is 986. The summed E-state index contributed by atoms with van der Waals surface area (Å²) in [6, 6.07) is 11.8. The van der Waals surface area contributed by atoms with E-state index in [2.05, 4.69) is 41.2 Å². The summed E-state index contributed by atoms with van der Waals surface area (Å²) < 4.78 is 1.01. The highest BCUT2D eigenvalue weighted by Gasteiger charge is 2.07. The number of hydrogen-bond acceptors (Lipinski definition) is 5. The number of nitrogens with zero attached hydrogens (tertiary/aromatic N) is 4. The number of halogens is 1. The third kappa shape index (κ3) is 2.37. The first kappa shape index (κ1) is 13.1. The van der Waals surface area contributed by atoms with Crippen LogP contribution in [0.5, 0.6) is 0 Å². The minimum absolute atomic E-state index is 0.746. The number of fused-ring (bicyclic) bond motifs is 2. The first-order valence-corrected chi connectivity index (χ1v) is 7.47. The minimum atomic E-state index is 0.746. The molecule has 2 aromatic heterocycles. The van der Waals surface area contributed by atoms with Crippen molar-refractivity contribution in [2.24, 2.45) is 0 Å². The fourth-order valence-corrected chi connectivity index (χ4v) is 2.72. The number of hydrogen-bond donors (Lipinski definition) is 1. The SMILES string of the molecule is Brc1cccc(Nc2ncnc3cc4nccnc4cc23)c1. The van der Waals surface area contributed by atoms with Gasteiger partial charge in [0.05, 0.1) is 16.6 Å². The van der Waals surface area contributed by atoms with Crippen molar-refractivity contribution in [2.75, 3.05) is 5.32 Å². The molecule has 4 rings (SSSR count). The van der Waals surface area contributed by atoms with Crippen LogP contribution < -0.4 is 5.32 Å². The number of aromatic nitrogens is 4. The second-order valence-corrected chi connectivity index (χ2v) is 5.69. The molecule has 1 N–H and O–H groups in total. The van der Waals surface area contributed by atoms with Gasteiger partial charge in [0.15, 0.2) is 0 Å². The Morgan fingerprint density at radius 3 is 2.45 bits per heavy atom. The summed E-state index contributed by atoms with van der Waals surface area (Å²) in [5, 5.41) is 4.24. The van der Waals surface area contributed by atoms with Crippen molar-refractivity contribution in [2.45, 2.75) is 0 Å². The van der Waals surface area contributed by atoms with E-state index in [0.717, 1.165) is 37.9 Å². The van der Waals surface area contributed by atoms with Gasteiger partial charge in [-0.25, -0.2) is 9.97 Å². The molecule has 2 heterocycles. The lowest BCUT2D eigenvalue weighted by molar-refractivity contribution is 1.21. The summed E-state index contributed by atoms with van der Waals surface area (Å²) in [7, 11) is 0. The third-order valence-electron chi connectivity index (χ3n) is 3.31. The van der Waals surface area contributed by atoms with Gasteiger partial charge in [0.1, 0.15) is 12.1 Å². The summed E-state index contributed by atoms with van der Waals surface area (Å²) in [6.45, 7) is 0. The third-order valence-corrected chi connectivity index (χ3v) is 3.81. The Kier molecular flexibility index (Phi) is 3.16. The Morgan fingerprint density at radius 1 is 0.818 bits per heavy atom. The van der Waals surface area contributed by atoms with Crippen LogP contribution >= 0.6 is 15.9 Å². The van der Waals surface area contributed by atoms with Gasteiger partial charge in [-0.2, -0.15) is 0 Å². The van der Waals surface area contributed by atoms with E-state index in [1.54, 1.807) is 18.7 Å². The van der Waals surface area contributed by atoms with Crippen LogP contribution in [0.4, 0.5) is 11.5 Å². The number of nitrogens with one attached hydrogen (secondary N) is 1. The molecular weight excluding hydrogens is 342 g/mol. The molecule has 22 heavy (non-hydrogen) atoms. The zero-order valence-corrected chi connectivity index (χ0v) is 12.9. The smallest absolute Gasteiger partial charge is 0.141 e. The van der Waals surface area contributed by atoms with Crippen molar-refractivity contribution in [1.82, 2.24) is 19.9 Å². The first-order valence-electron chi connectivity index (χ1n) is 6.68. The van der Waals surface area contributed by atoms with Gasteiger partial charge < -0.3 is 5.32 Å². The van der Waals surface area contributed by atoms with Gasteiger partial charge >= 0.3 is 0 Å². The van der Waals surface area contributed by atoms with E-state index in [1.165, 1.54) is 0 Å². The molecule has 5 nitrogen and oxygen atoms in total. The number of benzene rings is 2. The molecule has 0 fully saturated rings. The van der Waals surface area contributed by atoms with Gasteiger partial charge in [-0.3, -0.25) is 9.97 Å². The van der Waals surface area contributed by atoms with E-state index in [9.17, 15) is 0 Å². The van der Waals surface area contributed by atoms with Crippen molar-refractivity contribution in [3.8, 4) is 0 Å². The molecule has 0 spiro atoms. The van der Waals surface area contributed by atoms with Gasteiger partial charge in [-0.05, 0) is 30.3 Å². The maximum Gasteiger partial charge on any atom is 0.141 e. The van der Waals surface area contributed by atoms with E-state index in [0.29, 0.717) is 0 Å². The van der Waals surface area contributed by atoms with Crippen LogP contribution in [0.3, 0.4) is 0 Å². The first-order chi connectivity index (χ1) is 10.8. The van der Waals surface area contributed by atoms with Crippen LogP contribution in [0.2, 0.25) is 0 Å². The molecule has 0 radical (unpaired) electrons. The van der Waals surface area contributed by atoms with E-state index < -0.39 is 0 Å². The van der Waals surface area contributed by atoms with Crippen molar-refractivity contribution in [1.29, 1.82) is 0 Å². The number of rotatable bonds is 2. The predicted molar refractivity (Wildman–Crippen MR) is 90.1 cm³/mol. The summed E-state index contributed by atoms with van der Waals surface area (Å²) in [5.41, 5.74) is 3.43. The molecule has 0 saturated heterocycles. The highest BCUT2D eigenvalue weighted by atomic mass is 79.9. The van der Waals surface area contributed by atoms with E-state index in [4.69, 9.17) is 0 Å². The fourth-order valence-electron chi connectivity index (χ4n) is 2.32. The van der Waals surface area contributed by atoms with Gasteiger partial charge in [-0.1, -0.05) is 22.0 Å². The average molecular weight is 352 g/mol. The lowest BCUT2D eigenvalue weighted by Crippen LogP contribution is -1.96. The molecule has 4 aromatic rings. The monoisotopic (exact) mass is 351 g/mol. The van der Waals surface area contributed by atoms with E-state index >= 15 is 0 Å². The van der Waals surface area contributed by atoms with Crippen molar-refractivity contribution >= 4 is 49.4 Å². The van der Waals surface area contributed by atoms with Crippen LogP contribution in [0, 0.1) is 0 Å². The summed E-state index contributed by atoms with van der Waals surface area (Å²) in [4.78, 5) is 17.3. The zero-order valence-electron chi connectivity index (χ0n) is 11.4. The second kappa shape index (κ2) is 5.31.